The first-order valence-corrected chi connectivity index (χ1v) is 10.3. The monoisotopic (exact) mass is 382 g/mol. The van der Waals surface area contributed by atoms with Gasteiger partial charge in [0.2, 0.25) is 0 Å². The van der Waals surface area contributed by atoms with Crippen molar-refractivity contribution in [2.24, 2.45) is 0 Å². The molecule has 1 N–H and O–H groups in total. The molecule has 0 saturated carbocycles. The van der Waals surface area contributed by atoms with E-state index in [0.29, 0.717) is 0 Å². The highest BCUT2D eigenvalue weighted by Crippen LogP contribution is 2.31. The van der Waals surface area contributed by atoms with E-state index >= 15 is 0 Å². The Hall–Kier alpha value is -3.11. The number of anilines is 1. The van der Waals surface area contributed by atoms with Crippen LogP contribution in [-0.4, -0.2) is 28.0 Å². The predicted molar refractivity (Wildman–Crippen MR) is 119 cm³/mol. The van der Waals surface area contributed by atoms with Crippen molar-refractivity contribution in [2.45, 2.75) is 26.6 Å². The van der Waals surface area contributed by atoms with Crippen LogP contribution < -0.4 is 4.90 Å². The van der Waals surface area contributed by atoms with Crippen molar-refractivity contribution in [3.8, 4) is 0 Å². The summed E-state index contributed by atoms with van der Waals surface area (Å²) in [5.41, 5.74) is 6.68. The molecule has 3 aromatic carbocycles. The van der Waals surface area contributed by atoms with E-state index in [2.05, 4.69) is 87.4 Å². The third-order valence-electron chi connectivity index (χ3n) is 5.91. The average Bonchev–Trinajstić information content (AvgIpc) is 3.18. The number of para-hydroxylation sites is 1. The number of rotatable bonds is 4. The van der Waals surface area contributed by atoms with E-state index in [4.69, 9.17) is 0 Å². The van der Waals surface area contributed by atoms with Crippen LogP contribution in [0.4, 0.5) is 5.69 Å². The second-order valence-electron chi connectivity index (χ2n) is 7.93. The molecule has 0 aliphatic carbocycles. The zero-order valence-electron chi connectivity index (χ0n) is 16.8. The quantitative estimate of drug-likeness (QED) is 0.546. The van der Waals surface area contributed by atoms with Crippen LogP contribution in [0, 0.1) is 6.92 Å². The van der Waals surface area contributed by atoms with E-state index in [9.17, 15) is 0 Å². The lowest BCUT2D eigenvalue weighted by Gasteiger charge is -2.26. The van der Waals surface area contributed by atoms with Crippen molar-refractivity contribution < 1.29 is 0 Å². The van der Waals surface area contributed by atoms with Gasteiger partial charge in [-0.2, -0.15) is 0 Å². The maximum absolute atomic E-state index is 4.20. The number of nitrogens with one attached hydrogen (secondary N) is 1. The summed E-state index contributed by atoms with van der Waals surface area (Å²) in [5.74, 6) is 0. The van der Waals surface area contributed by atoms with Gasteiger partial charge in [0, 0.05) is 38.1 Å². The second kappa shape index (κ2) is 7.72. The first-order chi connectivity index (χ1) is 14.3. The predicted octanol–water partition coefficient (Wildman–Crippen LogP) is 4.89. The van der Waals surface area contributed by atoms with Crippen LogP contribution in [-0.2, 0) is 19.6 Å². The summed E-state index contributed by atoms with van der Waals surface area (Å²) < 4.78 is 0. The highest BCUT2D eigenvalue weighted by Gasteiger charge is 2.22. The first-order valence-electron chi connectivity index (χ1n) is 10.3. The largest absolute Gasteiger partial charge is 0.364 e. The Bertz CT molecular complexity index is 1110. The molecule has 0 unspecified atom stereocenters. The normalized spacial score (nSPS) is 14.7. The third-order valence-corrected chi connectivity index (χ3v) is 5.91. The van der Waals surface area contributed by atoms with Crippen molar-refractivity contribution >= 4 is 16.5 Å². The van der Waals surface area contributed by atoms with Gasteiger partial charge >= 0.3 is 0 Å². The van der Waals surface area contributed by atoms with Gasteiger partial charge in [-0.1, -0.05) is 60.7 Å². The molecule has 0 amide bonds. The summed E-state index contributed by atoms with van der Waals surface area (Å²) in [6, 6.07) is 22.0. The lowest BCUT2D eigenvalue weighted by atomic mass is 10.0. The Labute approximate surface area is 171 Å². The number of hydrogen-bond acceptors (Lipinski definition) is 3. The summed E-state index contributed by atoms with van der Waals surface area (Å²) in [6.07, 6.45) is 3.69. The fourth-order valence-electron chi connectivity index (χ4n) is 4.53. The van der Waals surface area contributed by atoms with Crippen LogP contribution in [0.25, 0.3) is 10.8 Å². The molecule has 5 rings (SSSR count). The molecule has 29 heavy (non-hydrogen) atoms. The Morgan fingerprint density at radius 3 is 2.69 bits per heavy atom. The van der Waals surface area contributed by atoms with Crippen LogP contribution >= 0.6 is 0 Å². The maximum Gasteiger partial charge on any atom is 0.0922 e. The van der Waals surface area contributed by atoms with E-state index in [-0.39, 0.29) is 0 Å². The summed E-state index contributed by atoms with van der Waals surface area (Å²) in [4.78, 5) is 12.5. The first kappa shape index (κ1) is 18.0. The van der Waals surface area contributed by atoms with Gasteiger partial charge in [0.25, 0.3) is 0 Å². The SMILES string of the molecule is Cc1cccc2c1N(Cc1cnc[nH]1)CCN(Cc1cccc3ccccc13)C2. The average molecular weight is 383 g/mol. The number of fused-ring (bicyclic) bond motifs is 2. The molecule has 4 heteroatoms. The Morgan fingerprint density at radius 2 is 1.79 bits per heavy atom. The molecule has 1 aliphatic rings. The number of benzene rings is 3. The molecule has 0 saturated heterocycles. The van der Waals surface area contributed by atoms with Crippen molar-refractivity contribution in [1.29, 1.82) is 0 Å². The molecule has 1 aliphatic heterocycles. The third kappa shape index (κ3) is 3.64. The minimum atomic E-state index is 0.861. The molecule has 1 aromatic heterocycles. The maximum atomic E-state index is 4.20. The molecule has 0 fully saturated rings. The van der Waals surface area contributed by atoms with Gasteiger partial charge in [0.05, 0.1) is 18.6 Å². The van der Waals surface area contributed by atoms with Crippen LogP contribution in [0.15, 0.2) is 73.2 Å². The number of aromatic nitrogens is 2. The summed E-state index contributed by atoms with van der Waals surface area (Å²) >= 11 is 0. The molecule has 146 valence electrons. The van der Waals surface area contributed by atoms with Crippen molar-refractivity contribution in [1.82, 2.24) is 14.9 Å². The molecular formula is C25H26N4. The summed E-state index contributed by atoms with van der Waals surface area (Å²) in [6.45, 7) is 7.05. The molecule has 0 bridgehead atoms. The van der Waals surface area contributed by atoms with E-state index in [1.54, 1.807) is 6.33 Å². The molecular weight excluding hydrogens is 356 g/mol. The van der Waals surface area contributed by atoms with E-state index in [1.807, 2.05) is 6.20 Å². The minimum Gasteiger partial charge on any atom is -0.364 e. The zero-order chi connectivity index (χ0) is 19.6. The number of nitrogens with zero attached hydrogens (tertiary/aromatic N) is 3. The summed E-state index contributed by atoms with van der Waals surface area (Å²) in [5, 5.41) is 2.68. The lowest BCUT2D eigenvalue weighted by molar-refractivity contribution is 0.269. The van der Waals surface area contributed by atoms with E-state index in [1.165, 1.54) is 33.2 Å². The Kier molecular flexibility index (Phi) is 4.78. The minimum absolute atomic E-state index is 0.861. The number of aromatic amines is 1. The van der Waals surface area contributed by atoms with Crippen molar-refractivity contribution in [3.63, 3.8) is 0 Å². The number of H-pyrrole nitrogens is 1. The fourth-order valence-corrected chi connectivity index (χ4v) is 4.53. The van der Waals surface area contributed by atoms with Crippen LogP contribution in [0.2, 0.25) is 0 Å². The smallest absolute Gasteiger partial charge is 0.0922 e. The molecule has 0 radical (unpaired) electrons. The topological polar surface area (TPSA) is 35.2 Å². The van der Waals surface area contributed by atoms with E-state index in [0.717, 1.165) is 38.4 Å². The van der Waals surface area contributed by atoms with Crippen LogP contribution in [0.3, 0.4) is 0 Å². The number of imidazole rings is 1. The van der Waals surface area contributed by atoms with Gasteiger partial charge in [-0.3, -0.25) is 4.90 Å². The fraction of sp³-hybridized carbons (Fsp3) is 0.240. The van der Waals surface area contributed by atoms with Crippen LogP contribution in [0.5, 0.6) is 0 Å². The summed E-state index contributed by atoms with van der Waals surface area (Å²) in [7, 11) is 0. The van der Waals surface area contributed by atoms with Crippen LogP contribution in [0.1, 0.15) is 22.4 Å². The molecule has 4 aromatic rings. The van der Waals surface area contributed by atoms with Gasteiger partial charge < -0.3 is 9.88 Å². The van der Waals surface area contributed by atoms with Crippen molar-refractivity contribution in [2.75, 3.05) is 18.0 Å². The van der Waals surface area contributed by atoms with Gasteiger partial charge in [0.15, 0.2) is 0 Å². The van der Waals surface area contributed by atoms with Crippen molar-refractivity contribution in [3.05, 3.63) is 95.6 Å². The van der Waals surface area contributed by atoms with Gasteiger partial charge in [0.1, 0.15) is 0 Å². The van der Waals surface area contributed by atoms with E-state index < -0.39 is 0 Å². The Balaban J connectivity index is 1.45. The van der Waals surface area contributed by atoms with Gasteiger partial charge in [-0.25, -0.2) is 4.98 Å². The molecule has 4 nitrogen and oxygen atoms in total. The number of aryl methyl sites for hydroxylation is 1. The second-order valence-corrected chi connectivity index (χ2v) is 7.93. The van der Waals surface area contributed by atoms with Gasteiger partial charge in [-0.05, 0) is 34.4 Å². The zero-order valence-corrected chi connectivity index (χ0v) is 16.8. The highest BCUT2D eigenvalue weighted by atomic mass is 15.2. The highest BCUT2D eigenvalue weighted by molar-refractivity contribution is 5.85. The molecule has 0 atom stereocenters. The lowest BCUT2D eigenvalue weighted by Crippen LogP contribution is -2.31. The molecule has 2 heterocycles. The Morgan fingerprint density at radius 1 is 0.931 bits per heavy atom. The molecule has 0 spiro atoms. The van der Waals surface area contributed by atoms with Gasteiger partial charge in [-0.15, -0.1) is 0 Å². The number of hydrogen-bond donors (Lipinski definition) is 1. The standard InChI is InChI=1S/C25H26N4/c1-19-6-4-10-22-16-28(12-13-29(25(19)22)17-23-14-26-18-27-23)15-21-9-5-8-20-7-2-3-11-24(20)21/h2-11,14,18H,12-13,15-17H2,1H3,(H,26,27).